The van der Waals surface area contributed by atoms with Gasteiger partial charge in [-0.2, -0.15) is 13.2 Å². The SMILES string of the molecule is COC(=O)c1cc(C(F)(F)F)c(OC(F)(F)F)nc1CBr. The highest BCUT2D eigenvalue weighted by Crippen LogP contribution is 2.38. The minimum atomic E-state index is -5.36. The fourth-order valence-corrected chi connectivity index (χ4v) is 1.74. The third-order valence-electron chi connectivity index (χ3n) is 2.12. The van der Waals surface area contributed by atoms with E-state index in [2.05, 4.69) is 30.4 Å². The van der Waals surface area contributed by atoms with Gasteiger partial charge in [0.2, 0.25) is 5.88 Å². The molecule has 1 aromatic heterocycles. The molecule has 4 nitrogen and oxygen atoms in total. The molecule has 1 aromatic rings. The van der Waals surface area contributed by atoms with Crippen molar-refractivity contribution in [3.63, 3.8) is 0 Å². The van der Waals surface area contributed by atoms with Gasteiger partial charge in [0.25, 0.3) is 0 Å². The van der Waals surface area contributed by atoms with E-state index in [9.17, 15) is 31.1 Å². The van der Waals surface area contributed by atoms with E-state index in [1.54, 1.807) is 0 Å². The molecule has 0 unspecified atom stereocenters. The molecule has 11 heteroatoms. The predicted molar refractivity (Wildman–Crippen MR) is 59.9 cm³/mol. The summed E-state index contributed by atoms with van der Waals surface area (Å²) in [4.78, 5) is 14.5. The van der Waals surface area contributed by atoms with Gasteiger partial charge < -0.3 is 9.47 Å². The number of ether oxygens (including phenoxy) is 2. The second kappa shape index (κ2) is 6.08. The maximum Gasteiger partial charge on any atom is 0.574 e. The minimum absolute atomic E-state index is 0.205. The van der Waals surface area contributed by atoms with Crippen molar-refractivity contribution in [3.05, 3.63) is 22.9 Å². The molecule has 0 amide bonds. The highest BCUT2D eigenvalue weighted by molar-refractivity contribution is 9.08. The molecule has 0 N–H and O–H groups in total. The topological polar surface area (TPSA) is 48.4 Å². The number of pyridine rings is 1. The molecule has 1 rings (SSSR count). The van der Waals surface area contributed by atoms with Crippen LogP contribution in [0.4, 0.5) is 26.3 Å². The number of halogens is 7. The number of hydrogen-bond acceptors (Lipinski definition) is 4. The van der Waals surface area contributed by atoms with E-state index >= 15 is 0 Å². The van der Waals surface area contributed by atoms with Gasteiger partial charge >= 0.3 is 18.5 Å². The molecule has 0 aliphatic rings. The van der Waals surface area contributed by atoms with Crippen LogP contribution in [0.25, 0.3) is 0 Å². The molecule has 0 radical (unpaired) electrons. The van der Waals surface area contributed by atoms with Crippen LogP contribution in [0.5, 0.6) is 5.88 Å². The predicted octanol–water partition coefficient (Wildman–Crippen LogP) is 3.68. The molecule has 0 atom stereocenters. The van der Waals surface area contributed by atoms with E-state index in [4.69, 9.17) is 0 Å². The van der Waals surface area contributed by atoms with Crippen molar-refractivity contribution in [3.8, 4) is 5.88 Å². The number of aromatic nitrogens is 1. The maximum absolute atomic E-state index is 12.8. The molecule has 0 fully saturated rings. The lowest BCUT2D eigenvalue weighted by Gasteiger charge is -2.16. The van der Waals surface area contributed by atoms with Crippen molar-refractivity contribution in [1.29, 1.82) is 0 Å². The largest absolute Gasteiger partial charge is 0.574 e. The Hall–Kier alpha value is -1.52. The molecule has 0 saturated carbocycles. The zero-order valence-electron chi connectivity index (χ0n) is 10.1. The van der Waals surface area contributed by atoms with Crippen molar-refractivity contribution < 1.29 is 40.6 Å². The van der Waals surface area contributed by atoms with Crippen molar-refractivity contribution in [2.75, 3.05) is 7.11 Å². The monoisotopic (exact) mass is 381 g/mol. The molecule has 0 aliphatic heterocycles. The summed E-state index contributed by atoms with van der Waals surface area (Å²) in [6.45, 7) is 0. The molecule has 0 aromatic carbocycles. The molecule has 21 heavy (non-hydrogen) atoms. The van der Waals surface area contributed by atoms with E-state index in [0.29, 0.717) is 0 Å². The molecule has 118 valence electrons. The molecular weight excluding hydrogens is 376 g/mol. The fraction of sp³-hybridized carbons (Fsp3) is 0.400. The minimum Gasteiger partial charge on any atom is -0.465 e. The normalized spacial score (nSPS) is 12.2. The number of carbonyl (C=O) groups excluding carboxylic acids is 1. The summed E-state index contributed by atoms with van der Waals surface area (Å²) in [6, 6.07) is 0.205. The van der Waals surface area contributed by atoms with Gasteiger partial charge in [-0.25, -0.2) is 9.78 Å². The van der Waals surface area contributed by atoms with Gasteiger partial charge in [0.1, 0.15) is 5.56 Å². The van der Waals surface area contributed by atoms with Crippen molar-refractivity contribution >= 4 is 21.9 Å². The second-order valence-corrected chi connectivity index (χ2v) is 4.07. The van der Waals surface area contributed by atoms with Crippen LogP contribution in [0.15, 0.2) is 6.07 Å². The maximum atomic E-state index is 12.8. The van der Waals surface area contributed by atoms with Crippen molar-refractivity contribution in [1.82, 2.24) is 4.98 Å². The molecular formula is C10H6BrF6NO3. The Morgan fingerprint density at radius 3 is 2.24 bits per heavy atom. The lowest BCUT2D eigenvalue weighted by atomic mass is 10.1. The number of carbonyl (C=O) groups is 1. The van der Waals surface area contributed by atoms with Crippen LogP contribution < -0.4 is 4.74 Å². The first kappa shape index (κ1) is 17.5. The Kier molecular flexibility index (Phi) is 5.07. The summed E-state index contributed by atoms with van der Waals surface area (Å²) in [5, 5.41) is -0.274. The van der Waals surface area contributed by atoms with Gasteiger partial charge in [0.15, 0.2) is 0 Å². The summed E-state index contributed by atoms with van der Waals surface area (Å²) < 4.78 is 82.2. The number of nitrogens with zero attached hydrogens (tertiary/aromatic N) is 1. The van der Waals surface area contributed by atoms with Crippen LogP contribution >= 0.6 is 15.9 Å². The van der Waals surface area contributed by atoms with E-state index in [1.165, 1.54) is 0 Å². The summed E-state index contributed by atoms with van der Waals surface area (Å²) >= 11 is 2.81. The van der Waals surface area contributed by atoms with Crippen LogP contribution in [-0.4, -0.2) is 24.4 Å². The first-order chi connectivity index (χ1) is 9.49. The molecule has 0 saturated heterocycles. The van der Waals surface area contributed by atoms with Crippen LogP contribution in [0.2, 0.25) is 0 Å². The first-order valence-corrected chi connectivity index (χ1v) is 6.13. The van der Waals surface area contributed by atoms with E-state index in [-0.39, 0.29) is 17.1 Å². The molecule has 1 heterocycles. The Morgan fingerprint density at radius 2 is 1.86 bits per heavy atom. The number of hydrogen-bond donors (Lipinski definition) is 0. The molecule has 0 spiro atoms. The Morgan fingerprint density at radius 1 is 1.29 bits per heavy atom. The number of methoxy groups -OCH3 is 1. The van der Waals surface area contributed by atoms with E-state index in [1.807, 2.05) is 0 Å². The standard InChI is InChI=1S/C10H6BrF6NO3/c1-20-8(19)4-2-5(9(12,13)14)7(18-6(4)3-11)21-10(15,16)17/h2H,3H2,1H3. The Bertz CT molecular complexity index is 543. The van der Waals surface area contributed by atoms with Crippen molar-refractivity contribution in [2.24, 2.45) is 0 Å². The number of esters is 1. The van der Waals surface area contributed by atoms with Crippen LogP contribution in [0.1, 0.15) is 21.6 Å². The van der Waals surface area contributed by atoms with Gasteiger partial charge in [-0.05, 0) is 6.07 Å². The lowest BCUT2D eigenvalue weighted by molar-refractivity contribution is -0.277. The zero-order chi connectivity index (χ0) is 16.4. The Labute approximate surface area is 122 Å². The van der Waals surface area contributed by atoms with E-state index in [0.717, 1.165) is 7.11 Å². The third-order valence-corrected chi connectivity index (χ3v) is 2.65. The molecule has 0 aliphatic carbocycles. The highest BCUT2D eigenvalue weighted by atomic mass is 79.9. The van der Waals surface area contributed by atoms with E-state index < -0.39 is 35.5 Å². The lowest BCUT2D eigenvalue weighted by Crippen LogP contribution is -2.22. The smallest absolute Gasteiger partial charge is 0.465 e. The van der Waals surface area contributed by atoms with Gasteiger partial charge in [0.05, 0.1) is 18.4 Å². The average Bonchev–Trinajstić information content (AvgIpc) is 2.34. The van der Waals surface area contributed by atoms with Gasteiger partial charge in [0, 0.05) is 5.33 Å². The van der Waals surface area contributed by atoms with Gasteiger partial charge in [-0.1, -0.05) is 15.9 Å². The number of alkyl halides is 7. The summed E-state index contributed by atoms with van der Waals surface area (Å²) in [7, 11) is 0.910. The van der Waals surface area contributed by atoms with Crippen LogP contribution in [0, 0.1) is 0 Å². The third kappa shape index (κ3) is 4.48. The van der Waals surface area contributed by atoms with Crippen molar-refractivity contribution in [2.45, 2.75) is 17.9 Å². The van der Waals surface area contributed by atoms with Gasteiger partial charge in [-0.15, -0.1) is 13.2 Å². The van der Waals surface area contributed by atoms with Crippen LogP contribution in [-0.2, 0) is 16.2 Å². The second-order valence-electron chi connectivity index (χ2n) is 3.51. The summed E-state index contributed by atoms with van der Waals surface area (Å²) in [5.41, 5.74) is -2.82. The number of rotatable bonds is 3. The summed E-state index contributed by atoms with van der Waals surface area (Å²) in [6.07, 6.45) is -10.6. The van der Waals surface area contributed by atoms with Gasteiger partial charge in [-0.3, -0.25) is 0 Å². The quantitative estimate of drug-likeness (QED) is 0.455. The first-order valence-electron chi connectivity index (χ1n) is 5.00. The molecule has 0 bridgehead atoms. The average molecular weight is 382 g/mol. The zero-order valence-corrected chi connectivity index (χ0v) is 11.7. The summed E-state index contributed by atoms with van der Waals surface area (Å²) in [5.74, 6) is -2.85. The highest BCUT2D eigenvalue weighted by Gasteiger charge is 2.41. The van der Waals surface area contributed by atoms with Crippen LogP contribution in [0.3, 0.4) is 0 Å². The Balaban J connectivity index is 3.53. The fourth-order valence-electron chi connectivity index (χ4n) is 1.31.